The molecule has 1 atom stereocenters. The van der Waals surface area contributed by atoms with Gasteiger partial charge in [0.25, 0.3) is 0 Å². The van der Waals surface area contributed by atoms with Crippen molar-refractivity contribution in [3.05, 3.63) is 18.2 Å². The minimum absolute atomic E-state index is 0.128. The van der Waals surface area contributed by atoms with Crippen LogP contribution in [0.5, 0.6) is 0 Å². The summed E-state index contributed by atoms with van der Waals surface area (Å²) in [5.41, 5.74) is 6.75. The molecule has 3 N–H and O–H groups in total. The fourth-order valence-electron chi connectivity index (χ4n) is 1.27. The maximum absolute atomic E-state index is 5.66. The van der Waals surface area contributed by atoms with Crippen LogP contribution in [-0.2, 0) is 7.05 Å². The molecule has 0 radical (unpaired) electrons. The van der Waals surface area contributed by atoms with Crippen LogP contribution in [0.1, 0.15) is 18.7 Å². The van der Waals surface area contributed by atoms with Gasteiger partial charge >= 0.3 is 0 Å². The molecule has 4 heteroatoms. The fourth-order valence-corrected chi connectivity index (χ4v) is 1.27. The first-order valence-electron chi connectivity index (χ1n) is 4.59. The van der Waals surface area contributed by atoms with Crippen molar-refractivity contribution in [2.75, 3.05) is 13.1 Å². The Bertz CT molecular complexity index is 331. The molecular weight excluding hydrogens is 176 g/mol. The Balaban J connectivity index is 2.61. The van der Waals surface area contributed by atoms with E-state index in [1.807, 2.05) is 24.7 Å². The molecule has 0 aromatic carbocycles. The molecule has 1 unspecified atom stereocenters. The van der Waals surface area contributed by atoms with E-state index in [1.54, 1.807) is 6.33 Å². The second-order valence-electron chi connectivity index (χ2n) is 3.03. The number of imidazole rings is 1. The van der Waals surface area contributed by atoms with Crippen molar-refractivity contribution >= 4 is 0 Å². The van der Waals surface area contributed by atoms with Gasteiger partial charge in [-0.1, -0.05) is 5.92 Å². The maximum Gasteiger partial charge on any atom is 0.0946 e. The predicted octanol–water partition coefficient (Wildman–Crippen LogP) is 0.0328. The highest BCUT2D eigenvalue weighted by molar-refractivity contribution is 5.07. The normalized spacial score (nSPS) is 11.9. The summed E-state index contributed by atoms with van der Waals surface area (Å²) in [6.07, 6.45) is 3.59. The average molecular weight is 192 g/mol. The third-order valence-corrected chi connectivity index (χ3v) is 2.06. The summed E-state index contributed by atoms with van der Waals surface area (Å²) in [6, 6.07) is 0.128. The number of nitrogens with one attached hydrogen (secondary N) is 1. The van der Waals surface area contributed by atoms with Crippen molar-refractivity contribution in [3.8, 4) is 11.8 Å². The number of rotatable bonds is 4. The molecule has 4 nitrogen and oxygen atoms in total. The quantitative estimate of drug-likeness (QED) is 0.662. The summed E-state index contributed by atoms with van der Waals surface area (Å²) in [6.45, 7) is 3.03. The van der Waals surface area contributed by atoms with Gasteiger partial charge in [0, 0.05) is 19.8 Å². The smallest absolute Gasteiger partial charge is 0.0946 e. The minimum Gasteiger partial charge on any atom is -0.336 e. The van der Waals surface area contributed by atoms with Gasteiger partial charge in [0.05, 0.1) is 24.6 Å². The summed E-state index contributed by atoms with van der Waals surface area (Å²) in [7, 11) is 1.96. The minimum atomic E-state index is 0.128. The predicted molar refractivity (Wildman–Crippen MR) is 56.5 cm³/mol. The Hall–Kier alpha value is -1.31. The van der Waals surface area contributed by atoms with Crippen LogP contribution in [0.2, 0.25) is 0 Å². The van der Waals surface area contributed by atoms with Gasteiger partial charge in [-0.15, -0.1) is 5.92 Å². The van der Waals surface area contributed by atoms with E-state index in [-0.39, 0.29) is 6.04 Å². The zero-order chi connectivity index (χ0) is 10.4. The molecule has 0 saturated heterocycles. The molecule has 14 heavy (non-hydrogen) atoms. The number of nitrogens with two attached hydrogens (primary N) is 1. The molecule has 0 saturated carbocycles. The molecule has 1 aromatic heterocycles. The largest absolute Gasteiger partial charge is 0.336 e. The second-order valence-corrected chi connectivity index (χ2v) is 3.03. The van der Waals surface area contributed by atoms with Crippen LogP contribution in [0, 0.1) is 11.8 Å². The van der Waals surface area contributed by atoms with E-state index < -0.39 is 0 Å². The number of hydrogen-bond donors (Lipinski definition) is 2. The Kier molecular flexibility index (Phi) is 4.17. The molecular formula is C10H16N4. The standard InChI is InChI=1S/C10H16N4/c1-3-4-5-13-9(6-11)10-7-12-8-14(10)2/h7-9,13H,5-6,11H2,1-2H3. The lowest BCUT2D eigenvalue weighted by Gasteiger charge is -2.15. The SMILES string of the molecule is CC#CCNC(CN)c1cncn1C. The molecule has 76 valence electrons. The number of hydrogen-bond acceptors (Lipinski definition) is 3. The monoisotopic (exact) mass is 192 g/mol. The molecule has 0 aliphatic carbocycles. The third-order valence-electron chi connectivity index (χ3n) is 2.06. The summed E-state index contributed by atoms with van der Waals surface area (Å²) >= 11 is 0. The van der Waals surface area contributed by atoms with E-state index in [0.29, 0.717) is 13.1 Å². The Morgan fingerprint density at radius 3 is 3.00 bits per heavy atom. The van der Waals surface area contributed by atoms with Gasteiger partial charge < -0.3 is 10.3 Å². The van der Waals surface area contributed by atoms with E-state index in [0.717, 1.165) is 5.69 Å². The Morgan fingerprint density at radius 2 is 2.50 bits per heavy atom. The van der Waals surface area contributed by atoms with Gasteiger partial charge in [0.2, 0.25) is 0 Å². The van der Waals surface area contributed by atoms with Gasteiger partial charge in [-0.05, 0) is 6.92 Å². The molecule has 0 amide bonds. The van der Waals surface area contributed by atoms with E-state index in [2.05, 4.69) is 22.1 Å². The highest BCUT2D eigenvalue weighted by Gasteiger charge is 2.10. The molecule has 0 fully saturated rings. The lowest BCUT2D eigenvalue weighted by atomic mass is 10.2. The highest BCUT2D eigenvalue weighted by Crippen LogP contribution is 2.08. The van der Waals surface area contributed by atoms with Crippen molar-refractivity contribution in [1.29, 1.82) is 0 Å². The Labute approximate surface area is 84.5 Å². The van der Waals surface area contributed by atoms with Crippen molar-refractivity contribution in [2.45, 2.75) is 13.0 Å². The second kappa shape index (κ2) is 5.43. The number of aromatic nitrogens is 2. The summed E-state index contributed by atoms with van der Waals surface area (Å²) in [5, 5.41) is 3.25. The summed E-state index contributed by atoms with van der Waals surface area (Å²) < 4.78 is 1.96. The lowest BCUT2D eigenvalue weighted by molar-refractivity contribution is 0.548. The van der Waals surface area contributed by atoms with Crippen molar-refractivity contribution < 1.29 is 0 Å². The average Bonchev–Trinajstić information content (AvgIpc) is 2.60. The first-order chi connectivity index (χ1) is 6.79. The first kappa shape index (κ1) is 10.8. The Morgan fingerprint density at radius 1 is 1.71 bits per heavy atom. The van der Waals surface area contributed by atoms with Crippen LogP contribution in [0.15, 0.2) is 12.5 Å². The van der Waals surface area contributed by atoms with E-state index in [4.69, 9.17) is 5.73 Å². The zero-order valence-corrected chi connectivity index (χ0v) is 8.62. The molecule has 0 spiro atoms. The van der Waals surface area contributed by atoms with E-state index >= 15 is 0 Å². The van der Waals surface area contributed by atoms with Crippen molar-refractivity contribution in [2.24, 2.45) is 12.8 Å². The topological polar surface area (TPSA) is 55.9 Å². The molecule has 0 aliphatic heterocycles. The third kappa shape index (κ3) is 2.59. The van der Waals surface area contributed by atoms with Crippen LogP contribution in [-0.4, -0.2) is 22.6 Å². The van der Waals surface area contributed by atoms with Crippen LogP contribution in [0.4, 0.5) is 0 Å². The molecule has 0 bridgehead atoms. The maximum atomic E-state index is 5.66. The fraction of sp³-hybridized carbons (Fsp3) is 0.500. The van der Waals surface area contributed by atoms with Gasteiger partial charge in [-0.3, -0.25) is 5.32 Å². The summed E-state index contributed by atoms with van der Waals surface area (Å²) in [5.74, 6) is 5.78. The van der Waals surface area contributed by atoms with Crippen LogP contribution < -0.4 is 11.1 Å². The zero-order valence-electron chi connectivity index (χ0n) is 8.62. The first-order valence-corrected chi connectivity index (χ1v) is 4.59. The summed E-state index contributed by atoms with van der Waals surface area (Å²) in [4.78, 5) is 4.05. The van der Waals surface area contributed by atoms with Gasteiger partial charge in [0.15, 0.2) is 0 Å². The molecule has 1 aromatic rings. The molecule has 1 heterocycles. The van der Waals surface area contributed by atoms with Crippen LogP contribution >= 0.6 is 0 Å². The van der Waals surface area contributed by atoms with Crippen LogP contribution in [0.25, 0.3) is 0 Å². The molecule has 1 rings (SSSR count). The van der Waals surface area contributed by atoms with E-state index in [1.165, 1.54) is 0 Å². The highest BCUT2D eigenvalue weighted by atomic mass is 15.1. The molecule has 0 aliphatic rings. The van der Waals surface area contributed by atoms with Crippen molar-refractivity contribution in [3.63, 3.8) is 0 Å². The lowest BCUT2D eigenvalue weighted by Crippen LogP contribution is -2.29. The van der Waals surface area contributed by atoms with Crippen molar-refractivity contribution in [1.82, 2.24) is 14.9 Å². The van der Waals surface area contributed by atoms with Gasteiger partial charge in [-0.25, -0.2) is 4.98 Å². The van der Waals surface area contributed by atoms with Gasteiger partial charge in [0.1, 0.15) is 0 Å². The van der Waals surface area contributed by atoms with Gasteiger partial charge in [-0.2, -0.15) is 0 Å². The number of nitrogens with zero attached hydrogens (tertiary/aromatic N) is 2. The number of aryl methyl sites for hydroxylation is 1. The van der Waals surface area contributed by atoms with Crippen LogP contribution in [0.3, 0.4) is 0 Å². The van der Waals surface area contributed by atoms with E-state index in [9.17, 15) is 0 Å².